The fraction of sp³-hybridized carbons (Fsp3) is 0.409. The molecule has 0 spiro atoms. The summed E-state index contributed by atoms with van der Waals surface area (Å²) in [7, 11) is 0. The molecule has 3 aromatic rings. The molecule has 2 aromatic heterocycles. The van der Waals surface area contributed by atoms with Crippen LogP contribution >= 0.6 is 0 Å². The van der Waals surface area contributed by atoms with Crippen molar-refractivity contribution in [2.75, 3.05) is 13.2 Å². The predicted octanol–water partition coefficient (Wildman–Crippen LogP) is 3.30. The van der Waals surface area contributed by atoms with E-state index in [1.165, 1.54) is 12.1 Å². The van der Waals surface area contributed by atoms with Crippen LogP contribution in [0.2, 0.25) is 0 Å². The number of nitrogens with one attached hydrogen (secondary N) is 1. The molecule has 0 radical (unpaired) electrons. The standard InChI is InChI=1S/C22H25FN4O2/c1-13-19(11-20(28)24-12-18-5-4-10-29-18)15(3)27-22(25-13)21(14(2)26-27)16-6-8-17(23)9-7-16/h6-9,18H,4-5,10-12H2,1-3H3,(H,24,28). The third-order valence-electron chi connectivity index (χ3n) is 5.52. The van der Waals surface area contributed by atoms with Crippen LogP contribution in [0.15, 0.2) is 24.3 Å². The van der Waals surface area contributed by atoms with Crippen molar-refractivity contribution < 1.29 is 13.9 Å². The summed E-state index contributed by atoms with van der Waals surface area (Å²) in [5.74, 6) is -0.324. The maximum absolute atomic E-state index is 13.3. The number of ether oxygens (including phenoxy) is 1. The number of amides is 1. The van der Waals surface area contributed by atoms with Crippen molar-refractivity contribution in [3.8, 4) is 11.1 Å². The molecule has 0 saturated carbocycles. The van der Waals surface area contributed by atoms with Crippen LogP contribution in [0, 0.1) is 26.6 Å². The van der Waals surface area contributed by atoms with Crippen molar-refractivity contribution in [3.05, 3.63) is 52.7 Å². The summed E-state index contributed by atoms with van der Waals surface area (Å²) < 4.78 is 20.7. The van der Waals surface area contributed by atoms with E-state index in [-0.39, 0.29) is 24.2 Å². The zero-order valence-electron chi connectivity index (χ0n) is 17.0. The summed E-state index contributed by atoms with van der Waals surface area (Å²) in [6.45, 7) is 7.09. The average molecular weight is 396 g/mol. The van der Waals surface area contributed by atoms with E-state index in [1.807, 2.05) is 20.8 Å². The number of hydrogen-bond donors (Lipinski definition) is 1. The summed E-state index contributed by atoms with van der Waals surface area (Å²) in [6.07, 6.45) is 2.41. The summed E-state index contributed by atoms with van der Waals surface area (Å²) >= 11 is 0. The van der Waals surface area contributed by atoms with E-state index < -0.39 is 0 Å². The van der Waals surface area contributed by atoms with E-state index in [4.69, 9.17) is 9.72 Å². The van der Waals surface area contributed by atoms with Gasteiger partial charge in [-0.3, -0.25) is 4.79 Å². The Kier molecular flexibility index (Phi) is 5.32. The molecule has 1 aromatic carbocycles. The van der Waals surface area contributed by atoms with Gasteiger partial charge in [0.15, 0.2) is 5.65 Å². The van der Waals surface area contributed by atoms with Crippen molar-refractivity contribution in [1.82, 2.24) is 19.9 Å². The third-order valence-corrected chi connectivity index (χ3v) is 5.52. The van der Waals surface area contributed by atoms with Gasteiger partial charge in [-0.25, -0.2) is 13.9 Å². The Morgan fingerprint density at radius 3 is 2.69 bits per heavy atom. The van der Waals surface area contributed by atoms with Gasteiger partial charge in [0.05, 0.1) is 18.2 Å². The third kappa shape index (κ3) is 3.87. The van der Waals surface area contributed by atoms with Crippen molar-refractivity contribution in [2.24, 2.45) is 0 Å². The van der Waals surface area contributed by atoms with Crippen molar-refractivity contribution in [2.45, 2.75) is 46.1 Å². The van der Waals surface area contributed by atoms with E-state index in [1.54, 1.807) is 16.6 Å². The second-order valence-corrected chi connectivity index (χ2v) is 7.58. The Labute approximate surface area is 169 Å². The molecule has 1 aliphatic heterocycles. The lowest BCUT2D eigenvalue weighted by molar-refractivity contribution is -0.121. The van der Waals surface area contributed by atoms with Gasteiger partial charge < -0.3 is 10.1 Å². The Bertz CT molecular complexity index is 1050. The Balaban J connectivity index is 1.63. The Morgan fingerprint density at radius 2 is 2.00 bits per heavy atom. The van der Waals surface area contributed by atoms with Gasteiger partial charge >= 0.3 is 0 Å². The summed E-state index contributed by atoms with van der Waals surface area (Å²) in [5, 5.41) is 7.60. The molecule has 1 saturated heterocycles. The molecule has 1 N–H and O–H groups in total. The first-order valence-electron chi connectivity index (χ1n) is 9.93. The molecular weight excluding hydrogens is 371 g/mol. The molecule has 0 bridgehead atoms. The summed E-state index contributed by atoms with van der Waals surface area (Å²) in [6, 6.07) is 6.34. The second-order valence-electron chi connectivity index (χ2n) is 7.58. The number of aryl methyl sites for hydroxylation is 3. The first-order valence-corrected chi connectivity index (χ1v) is 9.93. The molecule has 1 fully saturated rings. The van der Waals surface area contributed by atoms with Gasteiger partial charge in [-0.2, -0.15) is 5.10 Å². The Hall–Kier alpha value is -2.80. The highest BCUT2D eigenvalue weighted by Gasteiger charge is 2.20. The van der Waals surface area contributed by atoms with Gasteiger partial charge in [-0.15, -0.1) is 0 Å². The van der Waals surface area contributed by atoms with E-state index in [0.29, 0.717) is 12.2 Å². The number of hydrogen-bond acceptors (Lipinski definition) is 4. The van der Waals surface area contributed by atoms with Gasteiger partial charge in [0.1, 0.15) is 5.82 Å². The highest BCUT2D eigenvalue weighted by atomic mass is 19.1. The molecule has 1 unspecified atom stereocenters. The predicted molar refractivity (Wildman–Crippen MR) is 108 cm³/mol. The maximum Gasteiger partial charge on any atom is 0.224 e. The van der Waals surface area contributed by atoms with Gasteiger partial charge in [0.25, 0.3) is 0 Å². The zero-order valence-corrected chi connectivity index (χ0v) is 17.0. The number of rotatable bonds is 5. The molecule has 152 valence electrons. The van der Waals surface area contributed by atoms with Crippen LogP contribution in [0.25, 0.3) is 16.8 Å². The summed E-state index contributed by atoms with van der Waals surface area (Å²) in [5.41, 5.74) is 5.83. The second kappa shape index (κ2) is 7.91. The van der Waals surface area contributed by atoms with Gasteiger partial charge in [0, 0.05) is 35.7 Å². The number of carbonyl (C=O) groups excluding carboxylic acids is 1. The number of aromatic nitrogens is 3. The minimum absolute atomic E-state index is 0.0458. The molecule has 1 amide bonds. The van der Waals surface area contributed by atoms with Gasteiger partial charge in [-0.1, -0.05) is 12.1 Å². The van der Waals surface area contributed by atoms with Gasteiger partial charge in [-0.05, 0) is 51.3 Å². The quantitative estimate of drug-likeness (QED) is 0.719. The number of nitrogens with zero attached hydrogens (tertiary/aromatic N) is 3. The van der Waals surface area contributed by atoms with Crippen LogP contribution < -0.4 is 5.32 Å². The maximum atomic E-state index is 13.3. The highest BCUT2D eigenvalue weighted by molar-refractivity contribution is 5.82. The molecule has 0 aliphatic carbocycles. The highest BCUT2D eigenvalue weighted by Crippen LogP contribution is 2.29. The number of halogens is 1. The molecule has 29 heavy (non-hydrogen) atoms. The van der Waals surface area contributed by atoms with E-state index >= 15 is 0 Å². The van der Waals surface area contributed by atoms with Crippen LogP contribution in [-0.2, 0) is 16.0 Å². The first-order chi connectivity index (χ1) is 13.9. The van der Waals surface area contributed by atoms with E-state index in [2.05, 4.69) is 10.4 Å². The van der Waals surface area contributed by atoms with E-state index in [9.17, 15) is 9.18 Å². The van der Waals surface area contributed by atoms with Crippen LogP contribution in [0.3, 0.4) is 0 Å². The SMILES string of the molecule is Cc1nc2c(-c3ccc(F)cc3)c(C)nn2c(C)c1CC(=O)NCC1CCCO1. The van der Waals surface area contributed by atoms with Crippen molar-refractivity contribution >= 4 is 11.6 Å². The molecule has 1 atom stereocenters. The number of fused-ring (bicyclic) bond motifs is 1. The molecular formula is C22H25FN4O2. The van der Waals surface area contributed by atoms with Crippen LogP contribution in [0.4, 0.5) is 4.39 Å². The molecule has 3 heterocycles. The Morgan fingerprint density at radius 1 is 1.24 bits per heavy atom. The lowest BCUT2D eigenvalue weighted by Crippen LogP contribution is -2.33. The molecule has 6 nitrogen and oxygen atoms in total. The lowest BCUT2D eigenvalue weighted by atomic mass is 10.0. The average Bonchev–Trinajstić information content (AvgIpc) is 3.32. The van der Waals surface area contributed by atoms with Crippen LogP contribution in [0.1, 0.15) is 35.5 Å². The number of benzene rings is 1. The molecule has 7 heteroatoms. The minimum atomic E-state index is -0.278. The molecule has 4 rings (SSSR count). The normalized spacial score (nSPS) is 16.5. The first kappa shape index (κ1) is 19.5. The van der Waals surface area contributed by atoms with Gasteiger partial charge in [0.2, 0.25) is 5.91 Å². The minimum Gasteiger partial charge on any atom is -0.376 e. The largest absolute Gasteiger partial charge is 0.376 e. The fourth-order valence-corrected chi connectivity index (χ4v) is 3.93. The smallest absolute Gasteiger partial charge is 0.224 e. The summed E-state index contributed by atoms with van der Waals surface area (Å²) in [4.78, 5) is 17.2. The van der Waals surface area contributed by atoms with E-state index in [0.717, 1.165) is 53.2 Å². The van der Waals surface area contributed by atoms with Crippen LogP contribution in [0.5, 0.6) is 0 Å². The number of carbonyl (C=O) groups is 1. The topological polar surface area (TPSA) is 68.5 Å². The fourth-order valence-electron chi connectivity index (χ4n) is 3.93. The van der Waals surface area contributed by atoms with Crippen molar-refractivity contribution in [3.63, 3.8) is 0 Å². The lowest BCUT2D eigenvalue weighted by Gasteiger charge is -2.13. The van der Waals surface area contributed by atoms with Crippen LogP contribution in [-0.4, -0.2) is 39.8 Å². The zero-order chi connectivity index (χ0) is 20.5. The molecule has 1 aliphatic rings. The monoisotopic (exact) mass is 396 g/mol. The van der Waals surface area contributed by atoms with Crippen molar-refractivity contribution in [1.29, 1.82) is 0 Å².